The summed E-state index contributed by atoms with van der Waals surface area (Å²) < 4.78 is 16.4. The van der Waals surface area contributed by atoms with Crippen molar-refractivity contribution >= 4 is 23.5 Å². The number of carbonyl (C=O) groups excluding carboxylic acids is 2. The molecule has 2 aliphatic rings. The van der Waals surface area contributed by atoms with Gasteiger partial charge in [0.05, 0.1) is 19.8 Å². The third-order valence-electron chi connectivity index (χ3n) is 6.79. The predicted octanol–water partition coefficient (Wildman–Crippen LogP) is 5.07. The quantitative estimate of drug-likeness (QED) is 0.348. The van der Waals surface area contributed by atoms with E-state index in [1.165, 1.54) is 0 Å². The molecule has 0 unspecified atom stereocenters. The lowest BCUT2D eigenvalue weighted by atomic mass is 9.71. The van der Waals surface area contributed by atoms with Gasteiger partial charge in [-0.2, -0.15) is 11.8 Å². The lowest BCUT2D eigenvalue weighted by molar-refractivity contribution is -0.138. The summed E-state index contributed by atoms with van der Waals surface area (Å²) in [5.41, 5.74) is 4.07. The van der Waals surface area contributed by atoms with Crippen LogP contribution in [0, 0.1) is 0 Å². The molecule has 0 fully saturated rings. The Kier molecular flexibility index (Phi) is 8.48. The van der Waals surface area contributed by atoms with Crippen LogP contribution < -0.4 is 14.8 Å². The van der Waals surface area contributed by atoms with Crippen LogP contribution >= 0.6 is 11.8 Å². The van der Waals surface area contributed by atoms with Gasteiger partial charge in [0.2, 0.25) is 0 Å². The van der Waals surface area contributed by atoms with Gasteiger partial charge in [-0.3, -0.25) is 4.79 Å². The summed E-state index contributed by atoms with van der Waals surface area (Å²) in [5.74, 6) is 1.81. The highest BCUT2D eigenvalue weighted by molar-refractivity contribution is 7.99. The zero-order chi connectivity index (χ0) is 26.5. The average molecular weight is 524 g/mol. The molecule has 2 aromatic rings. The predicted molar refractivity (Wildman–Crippen MR) is 144 cm³/mol. The third kappa shape index (κ3) is 5.64. The van der Waals surface area contributed by atoms with Gasteiger partial charge in [0.1, 0.15) is 12.4 Å². The number of carbonyl (C=O) groups is 2. The van der Waals surface area contributed by atoms with E-state index in [0.717, 1.165) is 17.0 Å². The van der Waals surface area contributed by atoms with Crippen LogP contribution in [0.15, 0.2) is 65.0 Å². The molecule has 1 aliphatic carbocycles. The lowest BCUT2D eigenvalue weighted by Gasteiger charge is -2.36. The summed E-state index contributed by atoms with van der Waals surface area (Å²) in [6, 6.07) is 12.5. The number of thioether (sulfide) groups is 1. The second-order valence-electron chi connectivity index (χ2n) is 9.06. The van der Waals surface area contributed by atoms with E-state index in [4.69, 9.17) is 14.2 Å². The van der Waals surface area contributed by atoms with Crippen LogP contribution in [0.25, 0.3) is 0 Å². The first kappa shape index (κ1) is 26.7. The molecule has 1 aliphatic heterocycles. The van der Waals surface area contributed by atoms with E-state index in [9.17, 15) is 14.7 Å². The number of dihydropyridines is 1. The van der Waals surface area contributed by atoms with Gasteiger partial charge in [0.15, 0.2) is 17.3 Å². The molecule has 196 valence electrons. The number of esters is 1. The maximum atomic E-state index is 13.7. The van der Waals surface area contributed by atoms with E-state index in [1.54, 1.807) is 44.2 Å². The van der Waals surface area contributed by atoms with Gasteiger partial charge in [-0.15, -0.1) is 0 Å². The van der Waals surface area contributed by atoms with E-state index < -0.39 is 11.9 Å². The summed E-state index contributed by atoms with van der Waals surface area (Å²) >= 11 is 1.70. The van der Waals surface area contributed by atoms with Gasteiger partial charge >= 0.3 is 5.97 Å². The Morgan fingerprint density at radius 3 is 2.57 bits per heavy atom. The van der Waals surface area contributed by atoms with E-state index in [1.807, 2.05) is 31.2 Å². The molecule has 0 radical (unpaired) electrons. The van der Waals surface area contributed by atoms with Crippen molar-refractivity contribution in [1.29, 1.82) is 0 Å². The molecule has 4 rings (SSSR count). The number of nitrogens with one attached hydrogen (secondary N) is 1. The maximum absolute atomic E-state index is 13.7. The first-order valence-electron chi connectivity index (χ1n) is 12.4. The van der Waals surface area contributed by atoms with Crippen molar-refractivity contribution in [3.63, 3.8) is 0 Å². The SMILES string of the molecule is CCSCCOC(=O)C1=C(C)NC2=C(C(=O)C[C@H](c3ccc(OC)c(OC)c3)C2)[C@@H]1c1cccc(O)c1. The van der Waals surface area contributed by atoms with Gasteiger partial charge in [0, 0.05) is 35.1 Å². The van der Waals surface area contributed by atoms with Crippen LogP contribution in [0.4, 0.5) is 0 Å². The third-order valence-corrected chi connectivity index (χ3v) is 7.66. The molecule has 2 aromatic carbocycles. The molecule has 2 N–H and O–H groups in total. The molecule has 37 heavy (non-hydrogen) atoms. The van der Waals surface area contributed by atoms with Crippen LogP contribution in [-0.4, -0.2) is 49.2 Å². The number of ketones is 1. The van der Waals surface area contributed by atoms with Crippen molar-refractivity contribution < 1.29 is 28.9 Å². The monoisotopic (exact) mass is 523 g/mol. The Balaban J connectivity index is 1.71. The van der Waals surface area contributed by atoms with Crippen LogP contribution in [0.2, 0.25) is 0 Å². The number of hydrogen-bond acceptors (Lipinski definition) is 8. The van der Waals surface area contributed by atoms with Crippen LogP contribution in [-0.2, 0) is 14.3 Å². The van der Waals surface area contributed by atoms with Gasteiger partial charge in [-0.05, 0) is 60.4 Å². The van der Waals surface area contributed by atoms with Crippen molar-refractivity contribution in [2.45, 2.75) is 38.5 Å². The average Bonchev–Trinajstić information content (AvgIpc) is 2.89. The zero-order valence-electron chi connectivity index (χ0n) is 21.6. The minimum Gasteiger partial charge on any atom is -0.508 e. The number of ether oxygens (including phenoxy) is 3. The minimum atomic E-state index is -0.617. The smallest absolute Gasteiger partial charge is 0.336 e. The molecule has 7 nitrogen and oxygen atoms in total. The number of phenolic OH excluding ortho intramolecular Hbond substituents is 1. The number of aromatic hydroxyl groups is 1. The standard InChI is InChI=1S/C29H33NO6S/c1-5-37-12-11-36-29(33)26-17(2)30-22-14-20(18-9-10-24(34-3)25(16-18)35-4)15-23(32)28(22)27(26)19-7-6-8-21(31)13-19/h6-10,13,16,20,27,30-31H,5,11-12,14-15H2,1-4H3/t20-,27-/m1/s1. The molecular formula is C29H33NO6S. The van der Waals surface area contributed by atoms with Crippen molar-refractivity contribution in [2.24, 2.45) is 0 Å². The molecular weight excluding hydrogens is 490 g/mol. The van der Waals surface area contributed by atoms with Crippen molar-refractivity contribution in [3.05, 3.63) is 76.1 Å². The topological polar surface area (TPSA) is 94.1 Å². The Bertz CT molecular complexity index is 1250. The normalized spacial score (nSPS) is 19.3. The second-order valence-corrected chi connectivity index (χ2v) is 10.5. The number of benzene rings is 2. The maximum Gasteiger partial charge on any atom is 0.336 e. The van der Waals surface area contributed by atoms with Crippen LogP contribution in [0.3, 0.4) is 0 Å². The number of rotatable bonds is 9. The number of Topliss-reactive ketones (excluding diaryl/α,β-unsaturated/α-hetero) is 1. The fourth-order valence-electron chi connectivity index (χ4n) is 5.11. The van der Waals surface area contributed by atoms with Gasteiger partial charge in [0.25, 0.3) is 0 Å². The first-order valence-corrected chi connectivity index (χ1v) is 13.5. The van der Waals surface area contributed by atoms with Crippen molar-refractivity contribution in [2.75, 3.05) is 32.3 Å². The Hall–Kier alpha value is -3.39. The molecule has 0 spiro atoms. The summed E-state index contributed by atoms with van der Waals surface area (Å²) in [5, 5.41) is 13.6. The van der Waals surface area contributed by atoms with Crippen LogP contribution in [0.5, 0.6) is 17.2 Å². The number of allylic oxidation sites excluding steroid dienone is 3. The molecule has 0 aromatic heterocycles. The molecule has 1 heterocycles. The number of methoxy groups -OCH3 is 2. The molecule has 2 atom stereocenters. The summed E-state index contributed by atoms with van der Waals surface area (Å²) in [7, 11) is 3.18. The highest BCUT2D eigenvalue weighted by Gasteiger charge is 2.41. The second kappa shape index (κ2) is 11.8. The Labute approximate surface area is 221 Å². The first-order chi connectivity index (χ1) is 17.9. The highest BCUT2D eigenvalue weighted by Crippen LogP contribution is 2.46. The molecule has 0 amide bonds. The van der Waals surface area contributed by atoms with Gasteiger partial charge in [-0.25, -0.2) is 4.79 Å². The zero-order valence-corrected chi connectivity index (χ0v) is 22.4. The molecule has 0 bridgehead atoms. The summed E-state index contributed by atoms with van der Waals surface area (Å²) in [4.78, 5) is 27.0. The fourth-order valence-corrected chi connectivity index (χ4v) is 5.59. The highest BCUT2D eigenvalue weighted by atomic mass is 32.2. The molecule has 0 saturated heterocycles. The Morgan fingerprint density at radius 1 is 1.08 bits per heavy atom. The van der Waals surface area contributed by atoms with Gasteiger partial charge in [-0.1, -0.05) is 25.1 Å². The van der Waals surface area contributed by atoms with Crippen molar-refractivity contribution in [3.8, 4) is 17.2 Å². The van der Waals surface area contributed by atoms with Crippen molar-refractivity contribution in [1.82, 2.24) is 5.32 Å². The van der Waals surface area contributed by atoms with E-state index in [0.29, 0.717) is 59.1 Å². The molecule has 8 heteroatoms. The number of phenols is 1. The van der Waals surface area contributed by atoms with Gasteiger partial charge < -0.3 is 24.6 Å². The fraction of sp³-hybridized carbons (Fsp3) is 0.379. The van der Waals surface area contributed by atoms with E-state index in [2.05, 4.69) is 12.2 Å². The minimum absolute atomic E-state index is 0.0405. The summed E-state index contributed by atoms with van der Waals surface area (Å²) in [6.45, 7) is 4.18. The Morgan fingerprint density at radius 2 is 1.86 bits per heavy atom. The molecule has 0 saturated carbocycles. The van der Waals surface area contributed by atoms with Crippen LogP contribution in [0.1, 0.15) is 49.7 Å². The largest absolute Gasteiger partial charge is 0.508 e. The lowest BCUT2D eigenvalue weighted by Crippen LogP contribution is -2.36. The van der Waals surface area contributed by atoms with E-state index in [-0.39, 0.29) is 17.5 Å². The van der Waals surface area contributed by atoms with E-state index >= 15 is 0 Å². The number of hydrogen-bond donors (Lipinski definition) is 2. The summed E-state index contributed by atoms with van der Waals surface area (Å²) in [6.07, 6.45) is 0.887.